The van der Waals surface area contributed by atoms with Gasteiger partial charge in [0.2, 0.25) is 0 Å². The molecule has 138 valence electrons. The van der Waals surface area contributed by atoms with E-state index >= 15 is 0 Å². The molecule has 1 atom stereocenters. The van der Waals surface area contributed by atoms with Crippen LogP contribution in [0.3, 0.4) is 0 Å². The Hall–Kier alpha value is -2.33. The highest BCUT2D eigenvalue weighted by Gasteiger charge is 2.36. The van der Waals surface area contributed by atoms with E-state index in [1.165, 1.54) is 29.5 Å². The van der Waals surface area contributed by atoms with Crippen LogP contribution in [0.5, 0.6) is 5.75 Å². The van der Waals surface area contributed by atoms with Gasteiger partial charge in [0.1, 0.15) is 5.75 Å². The summed E-state index contributed by atoms with van der Waals surface area (Å²) in [6.07, 6.45) is 4.53. The van der Waals surface area contributed by atoms with Gasteiger partial charge in [-0.3, -0.25) is 0 Å². The summed E-state index contributed by atoms with van der Waals surface area (Å²) in [5.41, 5.74) is 3.64. The summed E-state index contributed by atoms with van der Waals surface area (Å²) in [4.78, 5) is 10.8. The molecular formula is C22H27NO3. The molecule has 1 fully saturated rings. The predicted octanol–water partition coefficient (Wildman–Crippen LogP) is 4.58. The average Bonchev–Trinajstić information content (AvgIpc) is 3.10. The summed E-state index contributed by atoms with van der Waals surface area (Å²) in [7, 11) is 0. The molecule has 1 saturated carbocycles. The fourth-order valence-corrected chi connectivity index (χ4v) is 3.96. The maximum atomic E-state index is 10.8. The second-order valence-electron chi connectivity index (χ2n) is 7.28. The Morgan fingerprint density at radius 2 is 1.92 bits per heavy atom. The SMILES string of the molecule is Cc1cccc([C@@H](C)NC2(c3cccc(OCC(=O)O)c3)CCCC2)c1. The first kappa shape index (κ1) is 18.5. The maximum Gasteiger partial charge on any atom is 0.341 e. The van der Waals surface area contributed by atoms with Crippen molar-refractivity contribution < 1.29 is 14.6 Å². The Kier molecular flexibility index (Phi) is 5.62. The van der Waals surface area contributed by atoms with Crippen LogP contribution in [0.15, 0.2) is 48.5 Å². The third kappa shape index (κ3) is 4.25. The first-order valence-electron chi connectivity index (χ1n) is 9.28. The molecule has 1 aliphatic rings. The summed E-state index contributed by atoms with van der Waals surface area (Å²) in [5.74, 6) is -0.349. The third-order valence-corrected chi connectivity index (χ3v) is 5.24. The molecule has 0 aliphatic heterocycles. The van der Waals surface area contributed by atoms with Crippen LogP contribution >= 0.6 is 0 Å². The fourth-order valence-electron chi connectivity index (χ4n) is 3.96. The zero-order chi connectivity index (χ0) is 18.6. The van der Waals surface area contributed by atoms with Crippen molar-refractivity contribution in [2.24, 2.45) is 0 Å². The average molecular weight is 353 g/mol. The zero-order valence-electron chi connectivity index (χ0n) is 15.5. The number of hydrogen-bond donors (Lipinski definition) is 2. The van der Waals surface area contributed by atoms with E-state index in [0.29, 0.717) is 5.75 Å². The van der Waals surface area contributed by atoms with E-state index in [1.807, 2.05) is 18.2 Å². The Bertz CT molecular complexity index is 765. The molecule has 0 bridgehead atoms. The largest absolute Gasteiger partial charge is 0.482 e. The maximum absolute atomic E-state index is 10.8. The summed E-state index contributed by atoms with van der Waals surface area (Å²) in [6, 6.07) is 16.7. The molecule has 26 heavy (non-hydrogen) atoms. The lowest BCUT2D eigenvalue weighted by atomic mass is 9.86. The Labute approximate surface area is 155 Å². The number of carbonyl (C=O) groups is 1. The first-order chi connectivity index (χ1) is 12.5. The lowest BCUT2D eigenvalue weighted by molar-refractivity contribution is -0.139. The van der Waals surface area contributed by atoms with E-state index in [9.17, 15) is 4.79 Å². The highest BCUT2D eigenvalue weighted by Crippen LogP contribution is 2.41. The Balaban J connectivity index is 1.83. The molecular weight excluding hydrogens is 326 g/mol. The normalized spacial score (nSPS) is 17.0. The molecule has 1 aliphatic carbocycles. The van der Waals surface area contributed by atoms with Crippen molar-refractivity contribution in [1.29, 1.82) is 0 Å². The minimum Gasteiger partial charge on any atom is -0.482 e. The Morgan fingerprint density at radius 3 is 2.62 bits per heavy atom. The van der Waals surface area contributed by atoms with Crippen molar-refractivity contribution in [3.8, 4) is 5.75 Å². The van der Waals surface area contributed by atoms with Gasteiger partial charge >= 0.3 is 5.97 Å². The van der Waals surface area contributed by atoms with E-state index in [1.54, 1.807) is 0 Å². The van der Waals surface area contributed by atoms with E-state index in [4.69, 9.17) is 9.84 Å². The van der Waals surface area contributed by atoms with Gasteiger partial charge in [-0.05, 0) is 49.9 Å². The number of ether oxygens (including phenoxy) is 1. The number of benzene rings is 2. The van der Waals surface area contributed by atoms with Crippen LogP contribution < -0.4 is 10.1 Å². The van der Waals surface area contributed by atoms with Crippen molar-refractivity contribution in [3.05, 3.63) is 65.2 Å². The number of hydrogen-bond acceptors (Lipinski definition) is 3. The zero-order valence-corrected chi connectivity index (χ0v) is 15.5. The van der Waals surface area contributed by atoms with Gasteiger partial charge < -0.3 is 15.2 Å². The van der Waals surface area contributed by atoms with Crippen LogP contribution in [0.4, 0.5) is 0 Å². The van der Waals surface area contributed by atoms with Crippen LogP contribution in [-0.4, -0.2) is 17.7 Å². The summed E-state index contributed by atoms with van der Waals surface area (Å²) in [6.45, 7) is 4.01. The van der Waals surface area contributed by atoms with Crippen molar-refractivity contribution in [2.45, 2.75) is 51.1 Å². The molecule has 2 aromatic rings. The van der Waals surface area contributed by atoms with Crippen molar-refractivity contribution >= 4 is 5.97 Å². The molecule has 3 rings (SSSR count). The van der Waals surface area contributed by atoms with Crippen molar-refractivity contribution in [1.82, 2.24) is 5.32 Å². The number of rotatable bonds is 7. The monoisotopic (exact) mass is 353 g/mol. The highest BCUT2D eigenvalue weighted by atomic mass is 16.5. The van der Waals surface area contributed by atoms with E-state index in [-0.39, 0.29) is 18.2 Å². The van der Waals surface area contributed by atoms with Crippen LogP contribution in [0.1, 0.15) is 55.3 Å². The topological polar surface area (TPSA) is 58.6 Å². The van der Waals surface area contributed by atoms with Gasteiger partial charge in [-0.25, -0.2) is 4.79 Å². The smallest absolute Gasteiger partial charge is 0.341 e. The van der Waals surface area contributed by atoms with Crippen LogP contribution in [-0.2, 0) is 10.3 Å². The fraction of sp³-hybridized carbons (Fsp3) is 0.409. The molecule has 0 radical (unpaired) electrons. The van der Waals surface area contributed by atoms with E-state index in [0.717, 1.165) is 12.8 Å². The minimum atomic E-state index is -0.961. The number of aliphatic carboxylic acids is 1. The lowest BCUT2D eigenvalue weighted by Crippen LogP contribution is -2.41. The van der Waals surface area contributed by atoms with Crippen LogP contribution in [0.2, 0.25) is 0 Å². The summed E-state index contributed by atoms with van der Waals surface area (Å²) < 4.78 is 5.39. The van der Waals surface area contributed by atoms with Gasteiger partial charge in [0, 0.05) is 11.6 Å². The molecule has 2 aromatic carbocycles. The standard InChI is InChI=1S/C22H27NO3/c1-16-7-5-8-18(13-16)17(2)23-22(11-3-4-12-22)19-9-6-10-20(14-19)26-15-21(24)25/h5-10,13-14,17,23H,3-4,11-12,15H2,1-2H3,(H,24,25)/t17-/m1/s1. The number of aryl methyl sites for hydroxylation is 1. The van der Waals surface area contributed by atoms with Crippen LogP contribution in [0, 0.1) is 6.92 Å². The van der Waals surface area contributed by atoms with Crippen LogP contribution in [0.25, 0.3) is 0 Å². The molecule has 2 N–H and O–H groups in total. The van der Waals surface area contributed by atoms with Gasteiger partial charge in [-0.15, -0.1) is 0 Å². The first-order valence-corrected chi connectivity index (χ1v) is 9.28. The van der Waals surface area contributed by atoms with E-state index in [2.05, 4.69) is 49.5 Å². The molecule has 0 heterocycles. The summed E-state index contributed by atoms with van der Waals surface area (Å²) in [5, 5.41) is 12.7. The molecule has 0 unspecified atom stereocenters. The number of carboxylic acid groups (broad SMARTS) is 1. The second kappa shape index (κ2) is 7.92. The molecule has 0 saturated heterocycles. The van der Waals surface area contributed by atoms with Gasteiger partial charge in [0.25, 0.3) is 0 Å². The molecule has 0 aromatic heterocycles. The minimum absolute atomic E-state index is 0.0915. The highest BCUT2D eigenvalue weighted by molar-refractivity contribution is 5.68. The quantitative estimate of drug-likeness (QED) is 0.765. The lowest BCUT2D eigenvalue weighted by Gasteiger charge is -2.35. The predicted molar refractivity (Wildman–Crippen MR) is 102 cm³/mol. The van der Waals surface area contributed by atoms with Gasteiger partial charge in [0.05, 0.1) is 0 Å². The van der Waals surface area contributed by atoms with Gasteiger partial charge in [-0.2, -0.15) is 0 Å². The Morgan fingerprint density at radius 1 is 1.19 bits per heavy atom. The number of carboxylic acids is 1. The second-order valence-corrected chi connectivity index (χ2v) is 7.28. The summed E-state index contributed by atoms with van der Waals surface area (Å²) >= 11 is 0. The molecule has 0 spiro atoms. The van der Waals surface area contributed by atoms with Gasteiger partial charge in [0.15, 0.2) is 6.61 Å². The molecule has 4 nitrogen and oxygen atoms in total. The molecule has 4 heteroatoms. The van der Waals surface area contributed by atoms with Crippen molar-refractivity contribution in [3.63, 3.8) is 0 Å². The number of nitrogens with one attached hydrogen (secondary N) is 1. The third-order valence-electron chi connectivity index (χ3n) is 5.24. The van der Waals surface area contributed by atoms with E-state index < -0.39 is 5.97 Å². The van der Waals surface area contributed by atoms with Gasteiger partial charge in [-0.1, -0.05) is 54.8 Å². The molecule has 0 amide bonds. The van der Waals surface area contributed by atoms with Crippen molar-refractivity contribution in [2.75, 3.05) is 6.61 Å².